The minimum absolute atomic E-state index is 0.192. The Kier molecular flexibility index (Phi) is 4.23. The number of imidazole rings is 1. The summed E-state index contributed by atoms with van der Waals surface area (Å²) in [5.41, 5.74) is 4.05. The van der Waals surface area contributed by atoms with Crippen LogP contribution in [0.2, 0.25) is 5.15 Å². The standard InChI is InChI=1S/C18H17ClN4OS/c1-2-22-8-7-12-3-4-13(11-15(12)22)20-16(24)6-5-14-17(19)21-18-23(14)9-10-25-18/h3-6,9-11H,2,7-8H2,1H3,(H,20,24)/b6-5+. The van der Waals surface area contributed by atoms with Crippen LogP contribution >= 0.6 is 22.9 Å². The second-order valence-electron chi connectivity index (χ2n) is 5.84. The van der Waals surface area contributed by atoms with Gasteiger partial charge in [0.15, 0.2) is 10.1 Å². The van der Waals surface area contributed by atoms with E-state index in [0.29, 0.717) is 10.8 Å². The minimum atomic E-state index is -0.192. The number of nitrogens with zero attached hydrogens (tertiary/aromatic N) is 3. The van der Waals surface area contributed by atoms with Gasteiger partial charge < -0.3 is 10.2 Å². The average molecular weight is 373 g/mol. The third-order valence-electron chi connectivity index (χ3n) is 4.37. The van der Waals surface area contributed by atoms with Crippen molar-refractivity contribution in [3.05, 3.63) is 52.3 Å². The van der Waals surface area contributed by atoms with Crippen molar-refractivity contribution in [2.75, 3.05) is 23.3 Å². The van der Waals surface area contributed by atoms with E-state index < -0.39 is 0 Å². The van der Waals surface area contributed by atoms with Gasteiger partial charge in [-0.2, -0.15) is 0 Å². The lowest BCUT2D eigenvalue weighted by Crippen LogP contribution is -2.19. The zero-order valence-corrected chi connectivity index (χ0v) is 15.3. The number of rotatable bonds is 4. The number of halogens is 1. The number of anilines is 2. The molecule has 0 atom stereocenters. The molecule has 3 aromatic rings. The lowest BCUT2D eigenvalue weighted by molar-refractivity contribution is -0.111. The number of nitrogens with one attached hydrogen (secondary N) is 1. The van der Waals surface area contributed by atoms with E-state index in [0.717, 1.165) is 30.2 Å². The molecular weight excluding hydrogens is 356 g/mol. The zero-order valence-electron chi connectivity index (χ0n) is 13.7. The van der Waals surface area contributed by atoms with Crippen molar-refractivity contribution in [2.45, 2.75) is 13.3 Å². The Hall–Kier alpha value is -2.31. The first-order chi connectivity index (χ1) is 12.2. The lowest BCUT2D eigenvalue weighted by Gasteiger charge is -2.17. The molecule has 1 aliphatic rings. The number of likely N-dealkylation sites (N-methyl/N-ethyl adjacent to an activating group) is 1. The molecule has 0 bridgehead atoms. The van der Waals surface area contributed by atoms with Crippen molar-refractivity contribution in [3.8, 4) is 0 Å². The molecule has 128 valence electrons. The summed E-state index contributed by atoms with van der Waals surface area (Å²) in [5.74, 6) is -0.192. The molecule has 1 amide bonds. The highest BCUT2D eigenvalue weighted by Gasteiger charge is 2.18. The van der Waals surface area contributed by atoms with E-state index in [1.807, 2.05) is 28.1 Å². The normalized spacial score (nSPS) is 13.8. The number of carbonyl (C=O) groups is 1. The second kappa shape index (κ2) is 6.54. The molecular formula is C18H17ClN4OS. The maximum absolute atomic E-state index is 12.3. The molecule has 0 spiro atoms. The fraction of sp³-hybridized carbons (Fsp3) is 0.222. The molecule has 3 heterocycles. The smallest absolute Gasteiger partial charge is 0.248 e. The molecule has 0 saturated carbocycles. The Bertz CT molecular complexity index is 975. The molecule has 0 fully saturated rings. The molecule has 1 N–H and O–H groups in total. The summed E-state index contributed by atoms with van der Waals surface area (Å²) in [5, 5.41) is 5.24. The van der Waals surface area contributed by atoms with E-state index in [2.05, 4.69) is 28.2 Å². The van der Waals surface area contributed by atoms with Gasteiger partial charge in [-0.15, -0.1) is 11.3 Å². The zero-order chi connectivity index (χ0) is 17.4. The summed E-state index contributed by atoms with van der Waals surface area (Å²) in [6.45, 7) is 4.16. The van der Waals surface area contributed by atoms with Crippen molar-refractivity contribution in [2.24, 2.45) is 0 Å². The van der Waals surface area contributed by atoms with Crippen molar-refractivity contribution < 1.29 is 4.79 Å². The van der Waals surface area contributed by atoms with Crippen molar-refractivity contribution in [3.63, 3.8) is 0 Å². The Balaban J connectivity index is 1.51. The van der Waals surface area contributed by atoms with Crippen LogP contribution in [0, 0.1) is 0 Å². The first-order valence-corrected chi connectivity index (χ1v) is 9.39. The van der Waals surface area contributed by atoms with Crippen LogP contribution in [0.4, 0.5) is 11.4 Å². The summed E-state index contributed by atoms with van der Waals surface area (Å²) >= 11 is 7.64. The van der Waals surface area contributed by atoms with Gasteiger partial charge in [0.2, 0.25) is 5.91 Å². The SMILES string of the molecule is CCN1CCc2ccc(NC(=O)/C=C/c3c(Cl)nc4sccn34)cc21. The number of hydrogen-bond donors (Lipinski definition) is 1. The summed E-state index contributed by atoms with van der Waals surface area (Å²) in [4.78, 5) is 19.6. The van der Waals surface area contributed by atoms with Crippen molar-refractivity contribution in [1.29, 1.82) is 0 Å². The second-order valence-corrected chi connectivity index (χ2v) is 7.07. The molecule has 7 heteroatoms. The van der Waals surface area contributed by atoms with E-state index in [4.69, 9.17) is 11.6 Å². The van der Waals surface area contributed by atoms with E-state index in [1.54, 1.807) is 6.08 Å². The van der Waals surface area contributed by atoms with Crippen LogP contribution in [0.15, 0.2) is 35.9 Å². The van der Waals surface area contributed by atoms with Gasteiger partial charge >= 0.3 is 0 Å². The van der Waals surface area contributed by atoms with Gasteiger partial charge in [0.25, 0.3) is 0 Å². The third-order valence-corrected chi connectivity index (χ3v) is 5.41. The van der Waals surface area contributed by atoms with Crippen LogP contribution < -0.4 is 10.2 Å². The predicted octanol–water partition coefficient (Wildman–Crippen LogP) is 4.08. The Morgan fingerprint density at radius 1 is 1.48 bits per heavy atom. The molecule has 2 aromatic heterocycles. The number of amides is 1. The van der Waals surface area contributed by atoms with Gasteiger partial charge in [-0.3, -0.25) is 9.20 Å². The van der Waals surface area contributed by atoms with Crippen LogP contribution in [0.1, 0.15) is 18.2 Å². The topological polar surface area (TPSA) is 49.6 Å². The van der Waals surface area contributed by atoms with Crippen molar-refractivity contribution >= 4 is 51.3 Å². The van der Waals surface area contributed by atoms with Gasteiger partial charge in [-0.05, 0) is 37.1 Å². The highest BCUT2D eigenvalue weighted by atomic mass is 35.5. The number of fused-ring (bicyclic) bond motifs is 2. The molecule has 0 radical (unpaired) electrons. The molecule has 0 unspecified atom stereocenters. The third kappa shape index (κ3) is 3.03. The Morgan fingerprint density at radius 2 is 2.36 bits per heavy atom. The maximum Gasteiger partial charge on any atom is 0.248 e. The van der Waals surface area contributed by atoms with Gasteiger partial charge in [-0.1, -0.05) is 17.7 Å². The van der Waals surface area contributed by atoms with Gasteiger partial charge in [0, 0.05) is 42.1 Å². The van der Waals surface area contributed by atoms with Gasteiger partial charge in [0.05, 0.1) is 5.69 Å². The van der Waals surface area contributed by atoms with Crippen LogP contribution in [0.25, 0.3) is 11.0 Å². The van der Waals surface area contributed by atoms with Crippen LogP contribution in [0.5, 0.6) is 0 Å². The van der Waals surface area contributed by atoms with E-state index in [-0.39, 0.29) is 5.91 Å². The Labute approximate surface area is 154 Å². The quantitative estimate of drug-likeness (QED) is 0.702. The average Bonchev–Trinajstić information content (AvgIpc) is 3.27. The first-order valence-electron chi connectivity index (χ1n) is 8.13. The summed E-state index contributed by atoms with van der Waals surface area (Å²) in [6.07, 6.45) is 6.12. The summed E-state index contributed by atoms with van der Waals surface area (Å²) in [7, 11) is 0. The fourth-order valence-corrected chi connectivity index (χ4v) is 4.12. The highest BCUT2D eigenvalue weighted by molar-refractivity contribution is 7.15. The fourth-order valence-electron chi connectivity index (χ4n) is 3.12. The molecule has 1 aromatic carbocycles. The molecule has 5 nitrogen and oxygen atoms in total. The molecule has 0 saturated heterocycles. The molecule has 1 aliphatic heterocycles. The first kappa shape index (κ1) is 16.2. The predicted molar refractivity (Wildman–Crippen MR) is 104 cm³/mol. The van der Waals surface area contributed by atoms with E-state index in [9.17, 15) is 4.79 Å². The largest absolute Gasteiger partial charge is 0.371 e. The van der Waals surface area contributed by atoms with Crippen molar-refractivity contribution in [1.82, 2.24) is 9.38 Å². The summed E-state index contributed by atoms with van der Waals surface area (Å²) < 4.78 is 1.87. The number of thiazole rings is 1. The number of carbonyl (C=O) groups excluding carboxylic acids is 1. The molecule has 25 heavy (non-hydrogen) atoms. The highest BCUT2D eigenvalue weighted by Crippen LogP contribution is 2.30. The van der Waals surface area contributed by atoms with Gasteiger partial charge in [-0.25, -0.2) is 4.98 Å². The maximum atomic E-state index is 12.3. The van der Waals surface area contributed by atoms with E-state index >= 15 is 0 Å². The lowest BCUT2D eigenvalue weighted by atomic mass is 10.1. The van der Waals surface area contributed by atoms with E-state index in [1.165, 1.54) is 28.7 Å². The van der Waals surface area contributed by atoms with Crippen LogP contribution in [-0.2, 0) is 11.2 Å². The van der Waals surface area contributed by atoms with Crippen LogP contribution in [0.3, 0.4) is 0 Å². The number of aromatic nitrogens is 2. The Morgan fingerprint density at radius 3 is 3.20 bits per heavy atom. The minimum Gasteiger partial charge on any atom is -0.371 e. The summed E-state index contributed by atoms with van der Waals surface area (Å²) in [6, 6.07) is 6.08. The van der Waals surface area contributed by atoms with Crippen LogP contribution in [-0.4, -0.2) is 28.4 Å². The monoisotopic (exact) mass is 372 g/mol. The number of benzene rings is 1. The molecule has 4 rings (SSSR count). The van der Waals surface area contributed by atoms with Gasteiger partial charge in [0.1, 0.15) is 0 Å². The molecule has 0 aliphatic carbocycles. The number of hydrogen-bond acceptors (Lipinski definition) is 4.